The van der Waals surface area contributed by atoms with Gasteiger partial charge < -0.3 is 10.2 Å². The van der Waals surface area contributed by atoms with Gasteiger partial charge in [-0.2, -0.15) is 0 Å². The highest BCUT2D eigenvalue weighted by Gasteiger charge is 2.20. The summed E-state index contributed by atoms with van der Waals surface area (Å²) in [6.45, 7) is 5.46. The molecule has 3 heteroatoms. The quantitative estimate of drug-likeness (QED) is 0.860. The molecule has 0 aromatic heterocycles. The van der Waals surface area contributed by atoms with Crippen LogP contribution < -0.4 is 10.2 Å². The van der Waals surface area contributed by atoms with Crippen molar-refractivity contribution in [3.63, 3.8) is 0 Å². The van der Waals surface area contributed by atoms with Crippen molar-refractivity contribution in [2.24, 2.45) is 5.92 Å². The van der Waals surface area contributed by atoms with Crippen LogP contribution in [0.3, 0.4) is 0 Å². The average molecular weight is 311 g/mol. The first-order valence-corrected chi connectivity index (χ1v) is 7.72. The van der Waals surface area contributed by atoms with Gasteiger partial charge in [-0.1, -0.05) is 28.4 Å². The molecular formula is C15H23BrN2. The van der Waals surface area contributed by atoms with E-state index in [2.05, 4.69) is 51.3 Å². The number of benzene rings is 1. The normalized spacial score (nSPS) is 15.5. The summed E-state index contributed by atoms with van der Waals surface area (Å²) in [7, 11) is 1.98. The Hall–Kier alpha value is -0.540. The minimum Gasteiger partial charge on any atom is -0.372 e. The van der Waals surface area contributed by atoms with Crippen LogP contribution in [0, 0.1) is 5.92 Å². The second-order valence-corrected chi connectivity index (χ2v) is 6.00. The van der Waals surface area contributed by atoms with Crippen LogP contribution in [-0.2, 0) is 6.54 Å². The Morgan fingerprint density at radius 2 is 2.17 bits per heavy atom. The van der Waals surface area contributed by atoms with Gasteiger partial charge in [0.15, 0.2) is 0 Å². The van der Waals surface area contributed by atoms with Crippen LogP contribution in [0.1, 0.15) is 31.7 Å². The largest absolute Gasteiger partial charge is 0.372 e. The molecule has 0 spiro atoms. The highest BCUT2D eigenvalue weighted by atomic mass is 79.9. The van der Waals surface area contributed by atoms with Crippen LogP contribution in [-0.4, -0.2) is 20.1 Å². The first-order chi connectivity index (χ1) is 8.74. The summed E-state index contributed by atoms with van der Waals surface area (Å²) in [5.74, 6) is 0.917. The van der Waals surface area contributed by atoms with Crippen molar-refractivity contribution >= 4 is 21.6 Å². The minimum atomic E-state index is 0.912. The summed E-state index contributed by atoms with van der Waals surface area (Å²) >= 11 is 3.68. The van der Waals surface area contributed by atoms with E-state index in [1.807, 2.05) is 7.05 Å². The lowest BCUT2D eigenvalue weighted by Crippen LogP contribution is -2.32. The van der Waals surface area contributed by atoms with Crippen molar-refractivity contribution in [3.8, 4) is 0 Å². The molecule has 1 aliphatic carbocycles. The number of hydrogen-bond donors (Lipinski definition) is 1. The molecule has 1 aromatic carbocycles. The van der Waals surface area contributed by atoms with Crippen molar-refractivity contribution < 1.29 is 0 Å². The maximum atomic E-state index is 3.68. The Labute approximate surface area is 119 Å². The summed E-state index contributed by atoms with van der Waals surface area (Å²) < 4.78 is 1.21. The van der Waals surface area contributed by atoms with Crippen molar-refractivity contribution in [2.45, 2.75) is 32.7 Å². The maximum Gasteiger partial charge on any atom is 0.0377 e. The standard InChI is InChI=1S/C15H23BrN2/c1-3-18(11-12-5-4-6-12)14-8-7-13(10-17-2)15(16)9-14/h7-9,12,17H,3-6,10-11H2,1-2H3. The van der Waals surface area contributed by atoms with Crippen LogP contribution in [0.15, 0.2) is 22.7 Å². The monoisotopic (exact) mass is 310 g/mol. The van der Waals surface area contributed by atoms with Gasteiger partial charge in [-0.05, 0) is 50.4 Å². The van der Waals surface area contributed by atoms with Crippen LogP contribution in [0.2, 0.25) is 0 Å². The van der Waals surface area contributed by atoms with Crippen LogP contribution in [0.25, 0.3) is 0 Å². The van der Waals surface area contributed by atoms with E-state index >= 15 is 0 Å². The van der Waals surface area contributed by atoms with Gasteiger partial charge in [0.05, 0.1) is 0 Å². The summed E-state index contributed by atoms with van der Waals surface area (Å²) in [6.07, 6.45) is 4.25. The first kappa shape index (κ1) is 13.9. The first-order valence-electron chi connectivity index (χ1n) is 6.92. The lowest BCUT2D eigenvalue weighted by molar-refractivity contribution is 0.318. The maximum absolute atomic E-state index is 3.68. The summed E-state index contributed by atoms with van der Waals surface area (Å²) in [5, 5.41) is 3.19. The molecule has 0 amide bonds. The lowest BCUT2D eigenvalue weighted by atomic mass is 9.85. The number of anilines is 1. The fourth-order valence-corrected chi connectivity index (χ4v) is 2.98. The van der Waals surface area contributed by atoms with Crippen molar-refractivity contribution in [3.05, 3.63) is 28.2 Å². The molecule has 0 bridgehead atoms. The van der Waals surface area contributed by atoms with Crippen molar-refractivity contribution in [2.75, 3.05) is 25.0 Å². The molecule has 1 aromatic rings. The predicted molar refractivity (Wildman–Crippen MR) is 82.1 cm³/mol. The second kappa shape index (κ2) is 6.58. The zero-order valence-electron chi connectivity index (χ0n) is 11.4. The Morgan fingerprint density at radius 1 is 1.39 bits per heavy atom. The molecular weight excluding hydrogens is 288 g/mol. The molecule has 1 saturated carbocycles. The number of nitrogens with one attached hydrogen (secondary N) is 1. The zero-order valence-corrected chi connectivity index (χ0v) is 13.0. The van der Waals surface area contributed by atoms with Gasteiger partial charge in [-0.15, -0.1) is 0 Å². The van der Waals surface area contributed by atoms with Crippen LogP contribution >= 0.6 is 15.9 Å². The highest BCUT2D eigenvalue weighted by Crippen LogP contribution is 2.30. The van der Waals surface area contributed by atoms with Gasteiger partial charge in [0.2, 0.25) is 0 Å². The van der Waals surface area contributed by atoms with E-state index in [-0.39, 0.29) is 0 Å². The molecule has 1 fully saturated rings. The third-order valence-electron chi connectivity index (χ3n) is 3.85. The van der Waals surface area contributed by atoms with Gasteiger partial charge in [-0.25, -0.2) is 0 Å². The van der Waals surface area contributed by atoms with Crippen LogP contribution in [0.5, 0.6) is 0 Å². The highest BCUT2D eigenvalue weighted by molar-refractivity contribution is 9.10. The molecule has 18 heavy (non-hydrogen) atoms. The molecule has 0 atom stereocenters. The lowest BCUT2D eigenvalue weighted by Gasteiger charge is -2.33. The third-order valence-corrected chi connectivity index (χ3v) is 4.59. The van der Waals surface area contributed by atoms with E-state index in [1.54, 1.807) is 0 Å². The van der Waals surface area contributed by atoms with E-state index in [1.165, 1.54) is 41.5 Å². The topological polar surface area (TPSA) is 15.3 Å². The Kier molecular flexibility index (Phi) is 5.07. The number of hydrogen-bond acceptors (Lipinski definition) is 2. The average Bonchev–Trinajstić information content (AvgIpc) is 2.31. The van der Waals surface area contributed by atoms with Gasteiger partial charge in [0.1, 0.15) is 0 Å². The van der Waals surface area contributed by atoms with E-state index < -0.39 is 0 Å². The SMILES string of the molecule is CCN(CC1CCC1)c1ccc(CNC)c(Br)c1. The molecule has 0 radical (unpaired) electrons. The molecule has 2 rings (SSSR count). The molecule has 1 N–H and O–H groups in total. The fraction of sp³-hybridized carbons (Fsp3) is 0.600. The molecule has 100 valence electrons. The van der Waals surface area contributed by atoms with E-state index in [4.69, 9.17) is 0 Å². The Bertz CT molecular complexity index is 388. The van der Waals surface area contributed by atoms with Gasteiger partial charge in [0.25, 0.3) is 0 Å². The Morgan fingerprint density at radius 3 is 2.67 bits per heavy atom. The Balaban J connectivity index is 2.07. The van der Waals surface area contributed by atoms with Crippen molar-refractivity contribution in [1.82, 2.24) is 5.32 Å². The van der Waals surface area contributed by atoms with E-state index in [9.17, 15) is 0 Å². The fourth-order valence-electron chi connectivity index (χ4n) is 2.47. The molecule has 0 heterocycles. The molecule has 1 aliphatic rings. The van der Waals surface area contributed by atoms with Crippen LogP contribution in [0.4, 0.5) is 5.69 Å². The second-order valence-electron chi connectivity index (χ2n) is 5.14. The molecule has 0 aliphatic heterocycles. The minimum absolute atomic E-state index is 0.912. The zero-order chi connectivity index (χ0) is 13.0. The summed E-state index contributed by atoms with van der Waals surface area (Å²) in [5.41, 5.74) is 2.66. The molecule has 2 nitrogen and oxygen atoms in total. The van der Waals surface area contributed by atoms with E-state index in [0.29, 0.717) is 0 Å². The summed E-state index contributed by atoms with van der Waals surface area (Å²) in [4.78, 5) is 2.50. The van der Waals surface area contributed by atoms with Crippen molar-refractivity contribution in [1.29, 1.82) is 0 Å². The predicted octanol–water partition coefficient (Wildman–Crippen LogP) is 3.79. The number of halogens is 1. The van der Waals surface area contributed by atoms with Gasteiger partial charge in [0, 0.05) is 29.8 Å². The van der Waals surface area contributed by atoms with E-state index in [0.717, 1.165) is 19.0 Å². The molecule has 0 unspecified atom stereocenters. The third kappa shape index (κ3) is 3.27. The van der Waals surface area contributed by atoms with Gasteiger partial charge >= 0.3 is 0 Å². The smallest absolute Gasteiger partial charge is 0.0377 e. The van der Waals surface area contributed by atoms with Gasteiger partial charge in [-0.3, -0.25) is 0 Å². The molecule has 0 saturated heterocycles. The number of nitrogens with zero attached hydrogens (tertiary/aromatic N) is 1. The number of rotatable bonds is 6. The summed E-state index contributed by atoms with van der Waals surface area (Å²) in [6, 6.07) is 6.73.